The molecule has 0 aliphatic carbocycles. The van der Waals surface area contributed by atoms with Gasteiger partial charge in [0.15, 0.2) is 17.5 Å². The summed E-state index contributed by atoms with van der Waals surface area (Å²) in [5.41, 5.74) is 16.1. The molecule has 0 aliphatic rings. The number of aromatic nitrogens is 5. The normalized spacial score (nSPS) is 11.5. The Morgan fingerprint density at radius 1 is 0.235 bits per heavy atom. The Hall–Kier alpha value is -9.19. The Kier molecular flexibility index (Phi) is 9.43. The lowest BCUT2D eigenvalue weighted by atomic mass is 9.95. The standard InChI is InChI=1S/C63H41N5/c1-5-19-42(20-6-1)44-23-17-25-47(37-44)61-64-62(48-26-18-24-45(38-48)43-21-7-2-8-22-43)66-63(65-61)49-40-54(60-53-32-14-16-34-57(53)68(59(60)41-49)51-29-11-4-12-30-51)46-35-36-58-55(39-46)52-31-13-15-33-56(52)67(58)50-27-9-3-10-28-50/h1-41H. The van der Waals surface area contributed by atoms with Crippen molar-refractivity contribution >= 4 is 43.6 Å². The summed E-state index contributed by atoms with van der Waals surface area (Å²) < 4.78 is 4.75. The Balaban J connectivity index is 1.09. The largest absolute Gasteiger partial charge is 0.309 e. The van der Waals surface area contributed by atoms with Crippen LogP contribution in [0.15, 0.2) is 249 Å². The highest BCUT2D eigenvalue weighted by atomic mass is 15.0. The number of para-hydroxylation sites is 4. The fourth-order valence-electron chi connectivity index (χ4n) is 10.0. The Labute approximate surface area is 393 Å². The molecule has 5 heteroatoms. The zero-order chi connectivity index (χ0) is 45.0. The first-order chi connectivity index (χ1) is 33.7. The van der Waals surface area contributed by atoms with Gasteiger partial charge in [-0.3, -0.25) is 0 Å². The predicted molar refractivity (Wildman–Crippen MR) is 281 cm³/mol. The lowest BCUT2D eigenvalue weighted by molar-refractivity contribution is 1.07. The van der Waals surface area contributed by atoms with E-state index in [9.17, 15) is 0 Å². The lowest BCUT2D eigenvalue weighted by Gasteiger charge is -2.14. The second kappa shape index (κ2) is 16.4. The minimum atomic E-state index is 0.593. The first kappa shape index (κ1) is 39.2. The Morgan fingerprint density at radius 2 is 0.662 bits per heavy atom. The number of nitrogens with zero attached hydrogens (tertiary/aromatic N) is 5. The van der Waals surface area contributed by atoms with Gasteiger partial charge in [-0.05, 0) is 106 Å². The highest BCUT2D eigenvalue weighted by Crippen LogP contribution is 2.43. The second-order valence-electron chi connectivity index (χ2n) is 17.2. The van der Waals surface area contributed by atoms with Crippen LogP contribution in [0.25, 0.3) is 123 Å². The molecule has 3 heterocycles. The third-order valence-corrected chi connectivity index (χ3v) is 13.1. The van der Waals surface area contributed by atoms with E-state index >= 15 is 0 Å². The maximum Gasteiger partial charge on any atom is 0.164 e. The molecular weight excluding hydrogens is 827 g/mol. The molecule has 0 atom stereocenters. The van der Waals surface area contributed by atoms with Gasteiger partial charge in [-0.2, -0.15) is 0 Å². The molecule has 0 fully saturated rings. The van der Waals surface area contributed by atoms with Crippen LogP contribution in [0, 0.1) is 0 Å². The lowest BCUT2D eigenvalue weighted by Crippen LogP contribution is -2.01. The van der Waals surface area contributed by atoms with Crippen molar-refractivity contribution in [2.24, 2.45) is 0 Å². The molecule has 68 heavy (non-hydrogen) atoms. The number of fused-ring (bicyclic) bond motifs is 6. The van der Waals surface area contributed by atoms with Crippen LogP contribution in [0.5, 0.6) is 0 Å². The average Bonchev–Trinajstić information content (AvgIpc) is 3.94. The van der Waals surface area contributed by atoms with Crippen LogP contribution in [0.3, 0.4) is 0 Å². The first-order valence-electron chi connectivity index (χ1n) is 23.0. The van der Waals surface area contributed by atoms with Crippen molar-refractivity contribution < 1.29 is 0 Å². The fourth-order valence-corrected chi connectivity index (χ4v) is 10.0. The zero-order valence-electron chi connectivity index (χ0n) is 36.9. The van der Waals surface area contributed by atoms with Gasteiger partial charge in [-0.1, -0.05) is 176 Å². The molecule has 13 rings (SSSR count). The summed E-state index contributed by atoms with van der Waals surface area (Å²) in [6, 6.07) is 88.2. The molecule has 13 aromatic rings. The van der Waals surface area contributed by atoms with Crippen molar-refractivity contribution in [3.63, 3.8) is 0 Å². The summed E-state index contributed by atoms with van der Waals surface area (Å²) in [6.45, 7) is 0. The highest BCUT2D eigenvalue weighted by molar-refractivity contribution is 6.18. The van der Waals surface area contributed by atoms with E-state index in [1.54, 1.807) is 0 Å². The number of hydrogen-bond donors (Lipinski definition) is 0. The summed E-state index contributed by atoms with van der Waals surface area (Å²) in [7, 11) is 0. The molecule has 10 aromatic carbocycles. The quantitative estimate of drug-likeness (QED) is 0.153. The molecule has 0 radical (unpaired) electrons. The summed E-state index contributed by atoms with van der Waals surface area (Å²) in [5.74, 6) is 1.80. The third-order valence-electron chi connectivity index (χ3n) is 13.1. The van der Waals surface area contributed by atoms with Crippen molar-refractivity contribution in [3.05, 3.63) is 249 Å². The third kappa shape index (κ3) is 6.76. The first-order valence-corrected chi connectivity index (χ1v) is 23.0. The topological polar surface area (TPSA) is 48.5 Å². The van der Waals surface area contributed by atoms with Crippen LogP contribution < -0.4 is 0 Å². The van der Waals surface area contributed by atoms with Gasteiger partial charge in [0.2, 0.25) is 0 Å². The van der Waals surface area contributed by atoms with Crippen LogP contribution >= 0.6 is 0 Å². The van der Waals surface area contributed by atoms with E-state index < -0.39 is 0 Å². The molecule has 0 amide bonds. The molecule has 0 N–H and O–H groups in total. The zero-order valence-corrected chi connectivity index (χ0v) is 36.9. The van der Waals surface area contributed by atoms with Crippen LogP contribution in [-0.4, -0.2) is 24.1 Å². The van der Waals surface area contributed by atoms with Gasteiger partial charge in [0.1, 0.15) is 0 Å². The fraction of sp³-hybridized carbons (Fsp3) is 0. The molecule has 5 nitrogen and oxygen atoms in total. The van der Waals surface area contributed by atoms with Gasteiger partial charge in [0.05, 0.1) is 22.1 Å². The second-order valence-corrected chi connectivity index (χ2v) is 17.2. The minimum absolute atomic E-state index is 0.593. The van der Waals surface area contributed by atoms with Gasteiger partial charge >= 0.3 is 0 Å². The van der Waals surface area contributed by atoms with Crippen molar-refractivity contribution in [1.29, 1.82) is 0 Å². The molecule has 0 saturated carbocycles. The van der Waals surface area contributed by atoms with Gasteiger partial charge in [0.25, 0.3) is 0 Å². The minimum Gasteiger partial charge on any atom is -0.309 e. The smallest absolute Gasteiger partial charge is 0.164 e. The van der Waals surface area contributed by atoms with Crippen LogP contribution in [-0.2, 0) is 0 Å². The highest BCUT2D eigenvalue weighted by Gasteiger charge is 2.22. The maximum absolute atomic E-state index is 5.41. The van der Waals surface area contributed by atoms with Crippen molar-refractivity contribution in [2.45, 2.75) is 0 Å². The van der Waals surface area contributed by atoms with E-state index in [1.165, 1.54) is 27.1 Å². The maximum atomic E-state index is 5.41. The molecule has 0 aliphatic heterocycles. The van der Waals surface area contributed by atoms with E-state index in [-0.39, 0.29) is 0 Å². The van der Waals surface area contributed by atoms with Crippen molar-refractivity contribution in [3.8, 4) is 78.9 Å². The molecule has 318 valence electrons. The molecule has 0 saturated heterocycles. The van der Waals surface area contributed by atoms with E-state index in [0.29, 0.717) is 17.5 Å². The molecule has 0 unspecified atom stereocenters. The number of rotatable bonds is 8. The van der Waals surface area contributed by atoms with Gasteiger partial charge in [-0.25, -0.2) is 15.0 Å². The van der Waals surface area contributed by atoms with Crippen LogP contribution in [0.2, 0.25) is 0 Å². The number of benzene rings is 10. The Morgan fingerprint density at radius 3 is 1.24 bits per heavy atom. The van der Waals surface area contributed by atoms with Crippen LogP contribution in [0.1, 0.15) is 0 Å². The summed E-state index contributed by atoms with van der Waals surface area (Å²) in [4.78, 5) is 16.1. The Bertz CT molecular complexity index is 3900. The monoisotopic (exact) mass is 867 g/mol. The molecule has 3 aromatic heterocycles. The van der Waals surface area contributed by atoms with Gasteiger partial charge in [0, 0.05) is 49.6 Å². The molecule has 0 spiro atoms. The van der Waals surface area contributed by atoms with E-state index in [1.807, 2.05) is 12.1 Å². The summed E-state index contributed by atoms with van der Waals surface area (Å²) in [5, 5.41) is 4.73. The molecular formula is C63H41N5. The summed E-state index contributed by atoms with van der Waals surface area (Å²) in [6.07, 6.45) is 0. The van der Waals surface area contributed by atoms with Gasteiger partial charge in [-0.15, -0.1) is 0 Å². The SMILES string of the molecule is c1ccc(-c2cccc(-c3nc(-c4cccc(-c5ccccc5)c4)nc(-c4cc(-c5ccc6c(c5)c5ccccc5n6-c5ccccc5)c5c6ccccc6n(-c6ccccc6)c5c4)n3)c2)cc1. The average molecular weight is 868 g/mol. The van der Waals surface area contributed by atoms with E-state index in [0.717, 1.165) is 78.0 Å². The van der Waals surface area contributed by atoms with Gasteiger partial charge < -0.3 is 9.13 Å². The van der Waals surface area contributed by atoms with E-state index in [2.05, 4.69) is 246 Å². The number of hydrogen-bond acceptors (Lipinski definition) is 3. The van der Waals surface area contributed by atoms with Crippen molar-refractivity contribution in [2.75, 3.05) is 0 Å². The van der Waals surface area contributed by atoms with Crippen molar-refractivity contribution in [1.82, 2.24) is 24.1 Å². The van der Waals surface area contributed by atoms with E-state index in [4.69, 9.17) is 15.0 Å². The molecule has 0 bridgehead atoms. The van der Waals surface area contributed by atoms with Crippen LogP contribution in [0.4, 0.5) is 0 Å². The predicted octanol–water partition coefficient (Wildman–Crippen LogP) is 16.1. The summed E-state index contributed by atoms with van der Waals surface area (Å²) >= 11 is 0.